The van der Waals surface area contributed by atoms with Gasteiger partial charge in [-0.25, -0.2) is 0 Å². The van der Waals surface area contributed by atoms with Crippen LogP contribution in [0.25, 0.3) is 0 Å². The van der Waals surface area contributed by atoms with Crippen molar-refractivity contribution >= 4 is 4.68 Å². The van der Waals surface area contributed by atoms with Gasteiger partial charge in [-0.2, -0.15) is 0 Å². The zero-order chi connectivity index (χ0) is 5.41. The van der Waals surface area contributed by atoms with E-state index in [-0.39, 0.29) is 0 Å². The molecule has 1 nitrogen and oxygen atoms in total. The van der Waals surface area contributed by atoms with E-state index in [0.29, 0.717) is 0 Å². The summed E-state index contributed by atoms with van der Waals surface area (Å²) in [6.07, 6.45) is 1.50. The van der Waals surface area contributed by atoms with Crippen molar-refractivity contribution in [3.8, 4) is 0 Å². The van der Waals surface area contributed by atoms with Gasteiger partial charge >= 0.3 is 29.3 Å². The molecule has 0 N–H and O–H groups in total. The Labute approximate surface area is 49.3 Å². The average molecular weight is 265 g/mol. The van der Waals surface area contributed by atoms with Crippen molar-refractivity contribution in [2.45, 2.75) is 6.92 Å². The van der Waals surface area contributed by atoms with Crippen molar-refractivity contribution in [1.29, 1.82) is 0 Å². The van der Waals surface area contributed by atoms with E-state index in [2.05, 4.69) is 0 Å². The van der Waals surface area contributed by atoms with E-state index < -0.39 is 0 Å². The summed E-state index contributed by atoms with van der Waals surface area (Å²) >= 11 is 1.60. The van der Waals surface area contributed by atoms with Crippen LogP contribution in [0.4, 0.5) is 0 Å². The molecule has 1 radical (unpaired) electrons. The van der Waals surface area contributed by atoms with Crippen LogP contribution in [-0.2, 0) is 24.6 Å². The molecule has 0 atom stereocenters. The Morgan fingerprint density at radius 2 is 1.83 bits per heavy atom. The van der Waals surface area contributed by atoms with Crippen LogP contribution in [0.15, 0.2) is 6.08 Å². The molecule has 0 aliphatic rings. The number of carbonyl (C=O) groups excluding carboxylic acids is 1. The van der Waals surface area contributed by atoms with Crippen LogP contribution in [0.5, 0.6) is 0 Å². The predicted molar refractivity (Wildman–Crippen MR) is 21.3 cm³/mol. The largest absolute Gasteiger partial charge is 0.0877 e. The molecule has 0 rings (SSSR count). The van der Waals surface area contributed by atoms with Gasteiger partial charge in [0.15, 0.2) is 0 Å². The van der Waals surface area contributed by atoms with Gasteiger partial charge in [0.1, 0.15) is 0 Å². The van der Waals surface area contributed by atoms with Gasteiger partial charge in [-0.1, -0.05) is 12.7 Å². The Morgan fingerprint density at radius 3 is 1.83 bits per heavy atom. The first kappa shape index (κ1) is 9.44. The van der Waals surface area contributed by atoms with Gasteiger partial charge in [-0.05, 0) is 6.92 Å². The maximum absolute atomic E-state index is 8.79. The molecule has 0 heterocycles. The summed E-state index contributed by atoms with van der Waals surface area (Å²) < 4.78 is 0.722. The molecule has 0 aromatic rings. The molecule has 0 saturated carbocycles. The second kappa shape index (κ2) is 19.4. The molecule has 0 spiro atoms. The molecular formula is C4H6OPt. The monoisotopic (exact) mass is 265 g/mol. The minimum atomic E-state index is 0.722. The van der Waals surface area contributed by atoms with Crippen LogP contribution < -0.4 is 0 Å². The molecule has 0 aromatic carbocycles. The van der Waals surface area contributed by atoms with Crippen LogP contribution in [0, 0.1) is 6.58 Å². The maximum atomic E-state index is 8.79. The summed E-state index contributed by atoms with van der Waals surface area (Å²) in [6, 6.07) is 0. The molecule has 6 heavy (non-hydrogen) atoms. The first-order valence-corrected chi connectivity index (χ1v) is 2.64. The van der Waals surface area contributed by atoms with Crippen molar-refractivity contribution in [2.24, 2.45) is 0 Å². The van der Waals surface area contributed by atoms with Crippen molar-refractivity contribution in [1.82, 2.24) is 0 Å². The first-order chi connectivity index (χ1) is 2.83. The molecule has 38 valence electrons. The van der Waals surface area contributed by atoms with E-state index in [4.69, 9.17) is 11.4 Å². The second-order valence-electron chi connectivity index (χ2n) is 0.408. The van der Waals surface area contributed by atoms with Crippen LogP contribution in [-0.4, -0.2) is 4.68 Å². The predicted octanol–water partition coefficient (Wildman–Crippen LogP) is 0.719. The van der Waals surface area contributed by atoms with Gasteiger partial charge in [0.25, 0.3) is 0 Å². The first-order valence-electron chi connectivity index (χ1n) is 1.33. The number of hydrogen-bond donors (Lipinski definition) is 0. The molecule has 2 heteroatoms. The molecule has 0 amide bonds. The Morgan fingerprint density at radius 1 is 1.83 bits per heavy atom. The van der Waals surface area contributed by atoms with E-state index in [9.17, 15) is 0 Å². The van der Waals surface area contributed by atoms with Gasteiger partial charge in [-0.15, -0.1) is 0 Å². The van der Waals surface area contributed by atoms with E-state index in [1.54, 1.807) is 26.7 Å². The molecule has 0 fully saturated rings. The molecule has 0 aliphatic heterocycles. The van der Waals surface area contributed by atoms with Gasteiger partial charge in [0.2, 0.25) is 0 Å². The summed E-state index contributed by atoms with van der Waals surface area (Å²) in [6.45, 7) is 6.50. The fourth-order valence-corrected chi connectivity index (χ4v) is 0. The topological polar surface area (TPSA) is 17.1 Å². The van der Waals surface area contributed by atoms with Crippen molar-refractivity contribution in [2.75, 3.05) is 0 Å². The SMILES string of the molecule is O=[CH][Pt].[CH]=CC. The summed E-state index contributed by atoms with van der Waals surface area (Å²) in [5.74, 6) is 0. The molecule has 0 saturated heterocycles. The van der Waals surface area contributed by atoms with Crippen LogP contribution in [0.1, 0.15) is 6.92 Å². The Bertz CT molecular complexity index is 28.5. The van der Waals surface area contributed by atoms with Crippen molar-refractivity contribution < 1.29 is 24.6 Å². The zero-order valence-corrected chi connectivity index (χ0v) is 5.73. The molecular weight excluding hydrogens is 259 g/mol. The summed E-state index contributed by atoms with van der Waals surface area (Å²) in [5, 5.41) is 0. The second-order valence-corrected chi connectivity index (χ2v) is 0.943. The van der Waals surface area contributed by atoms with E-state index in [1.807, 2.05) is 0 Å². The standard InChI is InChI=1S/C3H5.CHO.Pt/c1-3-2;1-2;/h1,3H,2H3;1H;. The Balaban J connectivity index is 0. The molecule has 0 bridgehead atoms. The van der Waals surface area contributed by atoms with Gasteiger partial charge < -0.3 is 0 Å². The summed E-state index contributed by atoms with van der Waals surface area (Å²) in [5.41, 5.74) is 0. The minimum Gasteiger partial charge on any atom is -0.0877 e. The van der Waals surface area contributed by atoms with Gasteiger partial charge in [0.05, 0.1) is 0 Å². The van der Waals surface area contributed by atoms with Gasteiger partial charge in [-0.3, -0.25) is 0 Å². The number of rotatable bonds is 0. The Hall–Kier alpha value is 0.0983. The third-order valence-corrected chi connectivity index (χ3v) is 0. The van der Waals surface area contributed by atoms with Crippen molar-refractivity contribution in [3.05, 3.63) is 12.7 Å². The van der Waals surface area contributed by atoms with E-state index in [1.165, 1.54) is 6.08 Å². The van der Waals surface area contributed by atoms with Crippen LogP contribution in [0.2, 0.25) is 0 Å². The summed E-state index contributed by atoms with van der Waals surface area (Å²) in [4.78, 5) is 8.79. The fraction of sp³-hybridized carbons (Fsp3) is 0.250. The molecule has 0 unspecified atom stereocenters. The van der Waals surface area contributed by atoms with Gasteiger partial charge in [0, 0.05) is 0 Å². The average Bonchev–Trinajstić information content (AvgIpc) is 1.39. The maximum Gasteiger partial charge on any atom is -0.0467 e. The molecule has 0 aromatic heterocycles. The summed E-state index contributed by atoms with van der Waals surface area (Å²) in [7, 11) is 0. The molecule has 0 aliphatic carbocycles. The number of allylic oxidation sites excluding steroid dienone is 1. The third kappa shape index (κ3) is 4070. The normalized spacial score (nSPS) is 4.50. The fourth-order valence-electron chi connectivity index (χ4n) is 0. The smallest absolute Gasteiger partial charge is 0.0467 e. The number of carbonyl (C=O) groups is 1. The van der Waals surface area contributed by atoms with Crippen LogP contribution in [0.3, 0.4) is 0 Å². The Kier molecular flexibility index (Phi) is 30.6. The van der Waals surface area contributed by atoms with E-state index in [0.717, 1.165) is 4.68 Å². The third-order valence-electron chi connectivity index (χ3n) is 0. The minimum absolute atomic E-state index is 0.722. The zero-order valence-electron chi connectivity index (χ0n) is 3.46. The van der Waals surface area contributed by atoms with Crippen LogP contribution >= 0.6 is 0 Å². The number of hydrogen-bond acceptors (Lipinski definition) is 1. The van der Waals surface area contributed by atoms with Crippen molar-refractivity contribution in [3.63, 3.8) is 0 Å². The van der Waals surface area contributed by atoms with E-state index >= 15 is 0 Å². The quantitative estimate of drug-likeness (QED) is 0.590.